The largest absolute Gasteiger partial charge is 0.355 e. The summed E-state index contributed by atoms with van der Waals surface area (Å²) in [4.78, 5) is 40.0. The van der Waals surface area contributed by atoms with Crippen LogP contribution >= 0.6 is 0 Å². The topological polar surface area (TPSA) is 105 Å². The van der Waals surface area contributed by atoms with E-state index >= 15 is 0 Å². The second-order valence-corrected chi connectivity index (χ2v) is 5.81. The van der Waals surface area contributed by atoms with Gasteiger partial charge in [0.05, 0.1) is 10.3 Å². The van der Waals surface area contributed by atoms with E-state index in [1.165, 1.54) is 12.3 Å². The first-order chi connectivity index (χ1) is 10.5. The van der Waals surface area contributed by atoms with Crippen LogP contribution < -0.4 is 10.2 Å². The molecule has 8 heteroatoms. The highest BCUT2D eigenvalue weighted by molar-refractivity contribution is 5.99. The summed E-state index contributed by atoms with van der Waals surface area (Å²) in [6.07, 6.45) is 3.62. The van der Waals surface area contributed by atoms with Crippen molar-refractivity contribution in [2.24, 2.45) is 5.41 Å². The molecule has 2 aliphatic heterocycles. The number of carbonyl (C=O) groups excluding carboxylic acids is 2. The van der Waals surface area contributed by atoms with E-state index in [-0.39, 0.29) is 17.5 Å². The van der Waals surface area contributed by atoms with E-state index in [4.69, 9.17) is 0 Å². The monoisotopic (exact) mass is 304 g/mol. The Hall–Kier alpha value is -2.51. The predicted molar refractivity (Wildman–Crippen MR) is 77.2 cm³/mol. The third kappa shape index (κ3) is 2.51. The van der Waals surface area contributed by atoms with Crippen molar-refractivity contribution < 1.29 is 14.5 Å². The van der Waals surface area contributed by atoms with Crippen molar-refractivity contribution in [2.75, 3.05) is 18.0 Å². The number of rotatable bonds is 2. The maximum Gasteiger partial charge on any atom is 0.287 e. The fourth-order valence-corrected chi connectivity index (χ4v) is 3.15. The minimum Gasteiger partial charge on any atom is -0.355 e. The number of nitrogens with one attached hydrogen (secondary N) is 1. The molecule has 0 bridgehead atoms. The summed E-state index contributed by atoms with van der Waals surface area (Å²) >= 11 is 0. The Bertz CT molecular complexity index is 630. The van der Waals surface area contributed by atoms with Crippen LogP contribution in [0.3, 0.4) is 0 Å². The standard InChI is InChI=1S/C14H16N4O4/c19-12-2-1-5-14(13(20)16-12)6-7-17(9-14)11-4-3-10(8-15-11)18(21)22/h3-4,8H,1-2,5-7,9H2,(H,16,19,20). The molecule has 8 nitrogen and oxygen atoms in total. The molecule has 2 fully saturated rings. The molecule has 2 aliphatic rings. The van der Waals surface area contributed by atoms with E-state index in [1.807, 2.05) is 4.90 Å². The number of nitro groups is 1. The van der Waals surface area contributed by atoms with Crippen LogP contribution in [-0.4, -0.2) is 34.8 Å². The summed E-state index contributed by atoms with van der Waals surface area (Å²) in [6.45, 7) is 1.13. The Balaban J connectivity index is 1.77. The first-order valence-corrected chi connectivity index (χ1v) is 7.20. The fourth-order valence-electron chi connectivity index (χ4n) is 3.15. The molecular formula is C14H16N4O4. The lowest BCUT2D eigenvalue weighted by molar-refractivity contribution is -0.385. The summed E-state index contributed by atoms with van der Waals surface area (Å²) in [6, 6.07) is 3.00. The first kappa shape index (κ1) is 14.4. The molecule has 1 spiro atoms. The minimum atomic E-state index is -0.560. The third-order valence-corrected chi connectivity index (χ3v) is 4.41. The maximum atomic E-state index is 12.3. The Morgan fingerprint density at radius 1 is 1.32 bits per heavy atom. The van der Waals surface area contributed by atoms with E-state index < -0.39 is 10.3 Å². The van der Waals surface area contributed by atoms with Crippen LogP contribution in [0.4, 0.5) is 11.5 Å². The number of pyridine rings is 1. The van der Waals surface area contributed by atoms with Crippen LogP contribution in [0.2, 0.25) is 0 Å². The van der Waals surface area contributed by atoms with Gasteiger partial charge in [-0.3, -0.25) is 25.0 Å². The van der Waals surface area contributed by atoms with Crippen LogP contribution in [0.1, 0.15) is 25.7 Å². The first-order valence-electron chi connectivity index (χ1n) is 7.20. The highest BCUT2D eigenvalue weighted by Gasteiger charge is 2.46. The second kappa shape index (κ2) is 5.36. The number of aromatic nitrogens is 1. The number of amides is 2. The van der Waals surface area contributed by atoms with Gasteiger partial charge in [0.1, 0.15) is 12.0 Å². The molecular weight excluding hydrogens is 288 g/mol. The molecule has 116 valence electrons. The van der Waals surface area contributed by atoms with Crippen LogP contribution in [-0.2, 0) is 9.59 Å². The maximum absolute atomic E-state index is 12.3. The molecule has 1 aromatic heterocycles. The lowest BCUT2D eigenvalue weighted by atomic mass is 9.82. The lowest BCUT2D eigenvalue weighted by Gasteiger charge is -2.25. The van der Waals surface area contributed by atoms with Gasteiger partial charge in [-0.05, 0) is 25.3 Å². The number of nitrogens with zero attached hydrogens (tertiary/aromatic N) is 3. The van der Waals surface area contributed by atoms with Gasteiger partial charge < -0.3 is 4.90 Å². The van der Waals surface area contributed by atoms with E-state index in [0.29, 0.717) is 44.6 Å². The number of imide groups is 1. The molecule has 22 heavy (non-hydrogen) atoms. The molecule has 0 radical (unpaired) electrons. The quantitative estimate of drug-likeness (QED) is 0.496. The van der Waals surface area contributed by atoms with Gasteiger partial charge in [-0.2, -0.15) is 0 Å². The van der Waals surface area contributed by atoms with Crippen molar-refractivity contribution >= 4 is 23.3 Å². The predicted octanol–water partition coefficient (Wildman–Crippen LogP) is 1.01. The SMILES string of the molecule is O=C1CCCC2(CCN(c3ccc([N+](=O)[O-])cn3)C2)C(=O)N1. The van der Waals surface area contributed by atoms with Crippen LogP contribution in [0, 0.1) is 15.5 Å². The summed E-state index contributed by atoms with van der Waals surface area (Å²) in [5.41, 5.74) is -0.620. The van der Waals surface area contributed by atoms with Crippen molar-refractivity contribution in [3.63, 3.8) is 0 Å². The van der Waals surface area contributed by atoms with E-state index in [2.05, 4.69) is 10.3 Å². The number of anilines is 1. The highest BCUT2D eigenvalue weighted by Crippen LogP contribution is 2.38. The van der Waals surface area contributed by atoms with E-state index in [9.17, 15) is 19.7 Å². The number of hydrogen-bond acceptors (Lipinski definition) is 6. The Morgan fingerprint density at radius 3 is 2.82 bits per heavy atom. The van der Waals surface area contributed by atoms with Gasteiger partial charge in [0.25, 0.3) is 5.69 Å². The molecule has 1 atom stereocenters. The van der Waals surface area contributed by atoms with Gasteiger partial charge in [-0.15, -0.1) is 0 Å². The molecule has 3 heterocycles. The van der Waals surface area contributed by atoms with Crippen molar-refractivity contribution in [3.8, 4) is 0 Å². The Labute approximate surface area is 126 Å². The summed E-state index contributed by atoms with van der Waals surface area (Å²) in [5.74, 6) is 0.194. The smallest absolute Gasteiger partial charge is 0.287 e. The van der Waals surface area contributed by atoms with Gasteiger partial charge in [0.15, 0.2) is 0 Å². The van der Waals surface area contributed by atoms with Crippen molar-refractivity contribution in [2.45, 2.75) is 25.7 Å². The zero-order chi connectivity index (χ0) is 15.7. The van der Waals surface area contributed by atoms with Gasteiger partial charge in [-0.1, -0.05) is 0 Å². The second-order valence-electron chi connectivity index (χ2n) is 5.81. The molecule has 1 unspecified atom stereocenters. The lowest BCUT2D eigenvalue weighted by Crippen LogP contribution is -2.43. The van der Waals surface area contributed by atoms with Gasteiger partial charge >= 0.3 is 0 Å². The molecule has 1 aromatic rings. The minimum absolute atomic E-state index is 0.0598. The van der Waals surface area contributed by atoms with Crippen LogP contribution in [0.25, 0.3) is 0 Å². The molecule has 2 amide bonds. The Kier molecular flexibility index (Phi) is 3.51. The third-order valence-electron chi connectivity index (χ3n) is 4.41. The van der Waals surface area contributed by atoms with Crippen LogP contribution in [0.5, 0.6) is 0 Å². The van der Waals surface area contributed by atoms with Gasteiger partial charge in [0, 0.05) is 25.6 Å². The van der Waals surface area contributed by atoms with Crippen molar-refractivity contribution in [1.82, 2.24) is 10.3 Å². The number of carbonyl (C=O) groups is 2. The zero-order valence-corrected chi connectivity index (χ0v) is 11.9. The van der Waals surface area contributed by atoms with Crippen molar-refractivity contribution in [3.05, 3.63) is 28.4 Å². The molecule has 1 N–H and O–H groups in total. The van der Waals surface area contributed by atoms with E-state index in [0.717, 1.165) is 0 Å². The van der Waals surface area contributed by atoms with Crippen molar-refractivity contribution in [1.29, 1.82) is 0 Å². The normalized spacial score (nSPS) is 25.2. The Morgan fingerprint density at radius 2 is 2.14 bits per heavy atom. The molecule has 0 saturated carbocycles. The summed E-state index contributed by atoms with van der Waals surface area (Å²) in [5, 5.41) is 13.1. The molecule has 3 rings (SSSR count). The summed E-state index contributed by atoms with van der Waals surface area (Å²) < 4.78 is 0. The fraction of sp³-hybridized carbons (Fsp3) is 0.500. The van der Waals surface area contributed by atoms with Gasteiger partial charge in [0.2, 0.25) is 11.8 Å². The van der Waals surface area contributed by atoms with Gasteiger partial charge in [-0.25, -0.2) is 4.98 Å². The average Bonchev–Trinajstić information content (AvgIpc) is 2.87. The number of hydrogen-bond donors (Lipinski definition) is 1. The van der Waals surface area contributed by atoms with Crippen LogP contribution in [0.15, 0.2) is 18.3 Å². The van der Waals surface area contributed by atoms with E-state index in [1.54, 1.807) is 6.07 Å². The molecule has 0 aromatic carbocycles. The summed E-state index contributed by atoms with van der Waals surface area (Å²) in [7, 11) is 0. The molecule has 2 saturated heterocycles. The highest BCUT2D eigenvalue weighted by atomic mass is 16.6. The zero-order valence-electron chi connectivity index (χ0n) is 11.9. The average molecular weight is 304 g/mol. The molecule has 0 aliphatic carbocycles.